The van der Waals surface area contributed by atoms with Gasteiger partial charge in [0.15, 0.2) is 0 Å². The van der Waals surface area contributed by atoms with Crippen LogP contribution in [0.3, 0.4) is 0 Å². The van der Waals surface area contributed by atoms with Gasteiger partial charge in [-0.15, -0.1) is 11.8 Å². The molecule has 3 nitrogen and oxygen atoms in total. The van der Waals surface area contributed by atoms with Crippen molar-refractivity contribution < 1.29 is 4.79 Å². The number of benzene rings is 2. The number of aryl methyl sites for hydroxylation is 1. The lowest BCUT2D eigenvalue weighted by atomic mass is 10.2. The molecule has 0 aliphatic heterocycles. The minimum atomic E-state index is -0.158. The molecule has 104 valence electrons. The van der Waals surface area contributed by atoms with Gasteiger partial charge in [0, 0.05) is 16.3 Å². The number of anilines is 2. The Balaban J connectivity index is 1.96. The molecule has 1 unspecified atom stereocenters. The number of thioether (sulfide) groups is 1. The summed E-state index contributed by atoms with van der Waals surface area (Å²) < 4.78 is 0. The number of nitrogens with two attached hydrogens (primary N) is 1. The second-order valence-corrected chi connectivity index (χ2v) is 6.10. The van der Waals surface area contributed by atoms with Crippen molar-refractivity contribution in [2.24, 2.45) is 0 Å². The molecule has 2 aromatic rings. The van der Waals surface area contributed by atoms with Crippen molar-refractivity contribution in [3.8, 4) is 0 Å². The summed E-state index contributed by atoms with van der Waals surface area (Å²) in [7, 11) is 0. The van der Waals surface area contributed by atoms with E-state index in [0.29, 0.717) is 5.69 Å². The molecule has 0 fully saturated rings. The number of carbonyl (C=O) groups is 1. The van der Waals surface area contributed by atoms with Gasteiger partial charge >= 0.3 is 0 Å². The van der Waals surface area contributed by atoms with Gasteiger partial charge in [0.25, 0.3) is 0 Å². The highest BCUT2D eigenvalue weighted by molar-refractivity contribution is 8.00. The average molecular weight is 286 g/mol. The zero-order valence-electron chi connectivity index (χ0n) is 11.6. The van der Waals surface area contributed by atoms with Crippen LogP contribution in [0, 0.1) is 6.92 Å². The number of amides is 1. The lowest BCUT2D eigenvalue weighted by molar-refractivity contribution is -0.115. The third-order valence-corrected chi connectivity index (χ3v) is 3.94. The Morgan fingerprint density at radius 1 is 1.20 bits per heavy atom. The van der Waals surface area contributed by atoms with Crippen molar-refractivity contribution in [3.05, 3.63) is 54.1 Å². The van der Waals surface area contributed by atoms with E-state index in [1.54, 1.807) is 36.0 Å². The first-order valence-corrected chi connectivity index (χ1v) is 7.32. The average Bonchev–Trinajstić information content (AvgIpc) is 2.41. The SMILES string of the molecule is Cc1cccc(SC(C)C(=O)Nc2ccc(N)cc2)c1. The molecule has 0 saturated carbocycles. The van der Waals surface area contributed by atoms with Crippen molar-refractivity contribution in [3.63, 3.8) is 0 Å². The molecule has 4 heteroatoms. The fourth-order valence-electron chi connectivity index (χ4n) is 1.76. The molecule has 20 heavy (non-hydrogen) atoms. The first kappa shape index (κ1) is 14.5. The normalized spacial score (nSPS) is 11.9. The molecule has 0 spiro atoms. The van der Waals surface area contributed by atoms with Crippen molar-refractivity contribution in [2.75, 3.05) is 11.1 Å². The van der Waals surface area contributed by atoms with E-state index >= 15 is 0 Å². The fraction of sp³-hybridized carbons (Fsp3) is 0.188. The summed E-state index contributed by atoms with van der Waals surface area (Å²) in [6.45, 7) is 3.95. The Hall–Kier alpha value is -1.94. The summed E-state index contributed by atoms with van der Waals surface area (Å²) >= 11 is 1.55. The number of carbonyl (C=O) groups excluding carboxylic acids is 1. The second-order valence-electron chi connectivity index (χ2n) is 4.69. The minimum absolute atomic E-state index is 0.0127. The van der Waals surface area contributed by atoms with Gasteiger partial charge in [-0.1, -0.05) is 17.7 Å². The number of rotatable bonds is 4. The fourth-order valence-corrected chi connectivity index (χ4v) is 2.74. The van der Waals surface area contributed by atoms with Gasteiger partial charge in [-0.3, -0.25) is 4.79 Å². The minimum Gasteiger partial charge on any atom is -0.399 e. The highest BCUT2D eigenvalue weighted by Gasteiger charge is 2.14. The molecule has 0 aromatic heterocycles. The highest BCUT2D eigenvalue weighted by atomic mass is 32.2. The van der Waals surface area contributed by atoms with Crippen LogP contribution in [0.1, 0.15) is 12.5 Å². The van der Waals surface area contributed by atoms with Crippen molar-refractivity contribution in [1.29, 1.82) is 0 Å². The van der Waals surface area contributed by atoms with Crippen molar-refractivity contribution in [2.45, 2.75) is 24.0 Å². The number of hydrogen-bond acceptors (Lipinski definition) is 3. The molecule has 2 rings (SSSR count). The van der Waals surface area contributed by atoms with Crippen LogP contribution in [-0.4, -0.2) is 11.2 Å². The Morgan fingerprint density at radius 3 is 2.55 bits per heavy atom. The first-order valence-electron chi connectivity index (χ1n) is 6.44. The Morgan fingerprint density at radius 2 is 1.90 bits per heavy atom. The second kappa shape index (κ2) is 6.48. The smallest absolute Gasteiger partial charge is 0.237 e. The van der Waals surface area contributed by atoms with Crippen molar-refractivity contribution >= 4 is 29.0 Å². The first-order chi connectivity index (χ1) is 9.54. The van der Waals surface area contributed by atoms with E-state index in [-0.39, 0.29) is 11.2 Å². The Kier molecular flexibility index (Phi) is 4.69. The van der Waals surface area contributed by atoms with Crippen LogP contribution >= 0.6 is 11.8 Å². The van der Waals surface area contributed by atoms with Crippen LogP contribution in [0.2, 0.25) is 0 Å². The van der Waals surface area contributed by atoms with Crippen LogP contribution in [-0.2, 0) is 4.79 Å². The van der Waals surface area contributed by atoms with Crippen LogP contribution in [0.15, 0.2) is 53.4 Å². The number of nitrogen functional groups attached to an aromatic ring is 1. The largest absolute Gasteiger partial charge is 0.399 e. The predicted octanol–water partition coefficient (Wildman–Crippen LogP) is 3.70. The van der Waals surface area contributed by atoms with Gasteiger partial charge < -0.3 is 11.1 Å². The van der Waals surface area contributed by atoms with E-state index in [2.05, 4.69) is 11.4 Å². The van der Waals surface area contributed by atoms with Crippen LogP contribution in [0.25, 0.3) is 0 Å². The monoisotopic (exact) mass is 286 g/mol. The predicted molar refractivity (Wildman–Crippen MR) is 86.0 cm³/mol. The van der Waals surface area contributed by atoms with Crippen LogP contribution in [0.5, 0.6) is 0 Å². The summed E-state index contributed by atoms with van der Waals surface area (Å²) in [5.41, 5.74) is 8.26. The van der Waals surface area contributed by atoms with E-state index in [1.807, 2.05) is 32.0 Å². The molecule has 0 saturated heterocycles. The molecular weight excluding hydrogens is 268 g/mol. The van der Waals surface area contributed by atoms with E-state index in [1.165, 1.54) is 5.56 Å². The zero-order valence-corrected chi connectivity index (χ0v) is 12.4. The van der Waals surface area contributed by atoms with Crippen molar-refractivity contribution in [1.82, 2.24) is 0 Å². The molecule has 1 atom stereocenters. The summed E-state index contributed by atoms with van der Waals surface area (Å²) in [5, 5.41) is 2.73. The molecule has 0 heterocycles. The maximum Gasteiger partial charge on any atom is 0.237 e. The molecule has 0 aliphatic carbocycles. The van der Waals surface area contributed by atoms with Gasteiger partial charge in [-0.2, -0.15) is 0 Å². The molecule has 2 aromatic carbocycles. The van der Waals surface area contributed by atoms with E-state index in [0.717, 1.165) is 10.6 Å². The Bertz CT molecular complexity index is 596. The van der Waals surface area contributed by atoms with Gasteiger partial charge in [0.05, 0.1) is 5.25 Å². The molecular formula is C16H18N2OS. The number of nitrogens with one attached hydrogen (secondary N) is 1. The zero-order chi connectivity index (χ0) is 14.5. The summed E-state index contributed by atoms with van der Waals surface area (Å²) in [5.74, 6) is -0.0127. The molecule has 3 N–H and O–H groups in total. The van der Waals surface area contributed by atoms with Gasteiger partial charge in [0.2, 0.25) is 5.91 Å². The summed E-state index contributed by atoms with van der Waals surface area (Å²) in [6, 6.07) is 15.3. The van der Waals surface area contributed by atoms with Gasteiger partial charge in [-0.05, 0) is 50.2 Å². The lowest BCUT2D eigenvalue weighted by Crippen LogP contribution is -2.22. The standard InChI is InChI=1S/C16H18N2OS/c1-11-4-3-5-15(10-11)20-12(2)16(19)18-14-8-6-13(17)7-9-14/h3-10,12H,17H2,1-2H3,(H,18,19). The topological polar surface area (TPSA) is 55.1 Å². The van der Waals surface area contributed by atoms with Gasteiger partial charge in [0.1, 0.15) is 0 Å². The van der Waals surface area contributed by atoms with Crippen LogP contribution in [0.4, 0.5) is 11.4 Å². The lowest BCUT2D eigenvalue weighted by Gasteiger charge is -2.12. The molecule has 0 aliphatic rings. The van der Waals surface area contributed by atoms with Crippen LogP contribution < -0.4 is 11.1 Å². The van der Waals surface area contributed by atoms with E-state index in [4.69, 9.17) is 5.73 Å². The maximum atomic E-state index is 12.1. The molecule has 1 amide bonds. The third-order valence-electron chi connectivity index (χ3n) is 2.85. The molecule has 0 radical (unpaired) electrons. The maximum absolute atomic E-state index is 12.1. The van der Waals surface area contributed by atoms with E-state index < -0.39 is 0 Å². The number of hydrogen-bond donors (Lipinski definition) is 2. The summed E-state index contributed by atoms with van der Waals surface area (Å²) in [6.07, 6.45) is 0. The Labute approximate surface area is 123 Å². The summed E-state index contributed by atoms with van der Waals surface area (Å²) in [4.78, 5) is 13.2. The molecule has 0 bridgehead atoms. The quantitative estimate of drug-likeness (QED) is 0.665. The third kappa shape index (κ3) is 4.03. The van der Waals surface area contributed by atoms with E-state index in [9.17, 15) is 4.79 Å². The highest BCUT2D eigenvalue weighted by Crippen LogP contribution is 2.25. The van der Waals surface area contributed by atoms with Gasteiger partial charge in [-0.25, -0.2) is 0 Å².